The second-order valence-corrected chi connectivity index (χ2v) is 5.75. The first kappa shape index (κ1) is 15.8. The summed E-state index contributed by atoms with van der Waals surface area (Å²) in [4.78, 5) is 2.31. The van der Waals surface area contributed by atoms with Crippen LogP contribution in [0.25, 0.3) is 0 Å². The van der Waals surface area contributed by atoms with E-state index in [4.69, 9.17) is 21.1 Å². The van der Waals surface area contributed by atoms with E-state index in [0.717, 1.165) is 37.4 Å². The van der Waals surface area contributed by atoms with E-state index >= 15 is 0 Å². The summed E-state index contributed by atoms with van der Waals surface area (Å²) in [5.74, 6) is 0. The lowest BCUT2D eigenvalue weighted by Gasteiger charge is -2.27. The molecule has 3 nitrogen and oxygen atoms in total. The van der Waals surface area contributed by atoms with E-state index in [-0.39, 0.29) is 6.29 Å². The Labute approximate surface area is 126 Å². The Morgan fingerprint density at radius 3 is 3.05 bits per heavy atom. The molecule has 1 saturated heterocycles. The molecule has 2 atom stereocenters. The van der Waals surface area contributed by atoms with Gasteiger partial charge in [0.1, 0.15) is 0 Å². The highest BCUT2D eigenvalue weighted by molar-refractivity contribution is 6.30. The van der Waals surface area contributed by atoms with Crippen LogP contribution in [0.3, 0.4) is 0 Å². The SMILES string of the molecule is CCCCOC1CC(c2cccc(Cl)c2)N(C)CCO1. The Hall–Kier alpha value is -0.610. The molecule has 1 aromatic rings. The molecule has 0 saturated carbocycles. The van der Waals surface area contributed by atoms with Crippen LogP contribution < -0.4 is 0 Å². The lowest BCUT2D eigenvalue weighted by molar-refractivity contribution is -0.140. The Morgan fingerprint density at radius 2 is 2.30 bits per heavy atom. The Balaban J connectivity index is 2.04. The molecule has 0 amide bonds. The minimum absolute atomic E-state index is 0.115. The summed E-state index contributed by atoms with van der Waals surface area (Å²) in [6, 6.07) is 8.37. The predicted octanol–water partition coefficient (Wildman–Crippen LogP) is 3.88. The van der Waals surface area contributed by atoms with Crippen molar-refractivity contribution in [2.75, 3.05) is 26.8 Å². The fourth-order valence-electron chi connectivity index (χ4n) is 2.49. The summed E-state index contributed by atoms with van der Waals surface area (Å²) in [6.07, 6.45) is 2.96. The summed E-state index contributed by atoms with van der Waals surface area (Å²) >= 11 is 6.11. The molecular weight excluding hydrogens is 274 g/mol. The molecule has 0 bridgehead atoms. The quantitative estimate of drug-likeness (QED) is 0.770. The van der Waals surface area contributed by atoms with Crippen molar-refractivity contribution in [3.05, 3.63) is 34.9 Å². The molecule has 112 valence electrons. The fourth-order valence-corrected chi connectivity index (χ4v) is 2.69. The third-order valence-corrected chi connectivity index (χ3v) is 3.97. The van der Waals surface area contributed by atoms with Crippen LogP contribution in [0.2, 0.25) is 5.02 Å². The zero-order valence-corrected chi connectivity index (χ0v) is 13.1. The van der Waals surface area contributed by atoms with Gasteiger partial charge in [-0.15, -0.1) is 0 Å². The molecule has 0 aromatic heterocycles. The van der Waals surface area contributed by atoms with Crippen molar-refractivity contribution >= 4 is 11.6 Å². The number of ether oxygens (including phenoxy) is 2. The zero-order chi connectivity index (χ0) is 14.4. The molecule has 0 spiro atoms. The van der Waals surface area contributed by atoms with Gasteiger partial charge in [-0.05, 0) is 31.2 Å². The molecule has 2 unspecified atom stereocenters. The van der Waals surface area contributed by atoms with Crippen molar-refractivity contribution in [2.24, 2.45) is 0 Å². The topological polar surface area (TPSA) is 21.7 Å². The average molecular weight is 298 g/mol. The Morgan fingerprint density at radius 1 is 1.45 bits per heavy atom. The largest absolute Gasteiger partial charge is 0.353 e. The number of hydrogen-bond acceptors (Lipinski definition) is 3. The maximum atomic E-state index is 6.11. The second kappa shape index (κ2) is 7.99. The molecule has 20 heavy (non-hydrogen) atoms. The van der Waals surface area contributed by atoms with Gasteiger partial charge < -0.3 is 9.47 Å². The van der Waals surface area contributed by atoms with Crippen LogP contribution in [-0.4, -0.2) is 38.0 Å². The van der Waals surface area contributed by atoms with Crippen molar-refractivity contribution in [1.29, 1.82) is 0 Å². The van der Waals surface area contributed by atoms with Gasteiger partial charge in [0.05, 0.1) is 6.61 Å². The summed E-state index contributed by atoms with van der Waals surface area (Å²) in [5, 5.41) is 0.782. The summed E-state index contributed by atoms with van der Waals surface area (Å²) in [6.45, 7) is 4.56. The number of nitrogens with zero attached hydrogens (tertiary/aromatic N) is 1. The van der Waals surface area contributed by atoms with Gasteiger partial charge in [0, 0.05) is 30.6 Å². The van der Waals surface area contributed by atoms with Crippen LogP contribution in [0.4, 0.5) is 0 Å². The number of rotatable bonds is 5. The average Bonchev–Trinajstić information content (AvgIpc) is 2.61. The molecule has 0 N–H and O–H groups in total. The first-order valence-corrected chi connectivity index (χ1v) is 7.77. The third-order valence-electron chi connectivity index (χ3n) is 3.73. The maximum absolute atomic E-state index is 6.11. The van der Waals surface area contributed by atoms with Crippen LogP contribution in [-0.2, 0) is 9.47 Å². The Kier molecular flexibility index (Phi) is 6.30. The summed E-state index contributed by atoms with van der Waals surface area (Å²) in [7, 11) is 2.13. The second-order valence-electron chi connectivity index (χ2n) is 5.31. The molecule has 4 heteroatoms. The molecule has 1 aliphatic heterocycles. The smallest absolute Gasteiger partial charge is 0.159 e. The lowest BCUT2D eigenvalue weighted by Crippen LogP contribution is -2.26. The van der Waals surface area contributed by atoms with E-state index in [0.29, 0.717) is 12.6 Å². The van der Waals surface area contributed by atoms with Gasteiger partial charge in [0.2, 0.25) is 0 Å². The van der Waals surface area contributed by atoms with E-state index in [2.05, 4.69) is 24.9 Å². The van der Waals surface area contributed by atoms with Crippen molar-refractivity contribution < 1.29 is 9.47 Å². The van der Waals surface area contributed by atoms with Crippen molar-refractivity contribution in [3.63, 3.8) is 0 Å². The van der Waals surface area contributed by atoms with Gasteiger partial charge in [-0.2, -0.15) is 0 Å². The highest BCUT2D eigenvalue weighted by atomic mass is 35.5. The van der Waals surface area contributed by atoms with Gasteiger partial charge in [-0.25, -0.2) is 0 Å². The summed E-state index contributed by atoms with van der Waals surface area (Å²) in [5.41, 5.74) is 1.23. The highest BCUT2D eigenvalue weighted by Gasteiger charge is 2.26. The molecule has 0 aliphatic carbocycles. The van der Waals surface area contributed by atoms with Crippen LogP contribution in [0, 0.1) is 0 Å². The zero-order valence-electron chi connectivity index (χ0n) is 12.3. The molecule has 1 aliphatic rings. The minimum atomic E-state index is -0.115. The Bertz CT molecular complexity index is 413. The maximum Gasteiger partial charge on any atom is 0.159 e. The third kappa shape index (κ3) is 4.45. The van der Waals surface area contributed by atoms with Crippen LogP contribution in [0.5, 0.6) is 0 Å². The van der Waals surface area contributed by atoms with Gasteiger partial charge in [0.15, 0.2) is 6.29 Å². The van der Waals surface area contributed by atoms with Gasteiger partial charge in [0.25, 0.3) is 0 Å². The lowest BCUT2D eigenvalue weighted by atomic mass is 10.0. The van der Waals surface area contributed by atoms with Crippen molar-refractivity contribution in [2.45, 2.75) is 38.5 Å². The van der Waals surface area contributed by atoms with Gasteiger partial charge in [-0.3, -0.25) is 4.90 Å². The van der Waals surface area contributed by atoms with Gasteiger partial charge >= 0.3 is 0 Å². The van der Waals surface area contributed by atoms with E-state index in [1.165, 1.54) is 5.56 Å². The number of unbranched alkanes of at least 4 members (excludes halogenated alkanes) is 1. The van der Waals surface area contributed by atoms with E-state index in [1.807, 2.05) is 18.2 Å². The molecule has 1 heterocycles. The molecule has 2 rings (SSSR count). The number of hydrogen-bond donors (Lipinski definition) is 0. The standard InChI is InChI=1S/C16H24ClNO2/c1-3-4-9-19-16-12-15(18(2)8-10-20-16)13-6-5-7-14(17)11-13/h5-7,11,15-16H,3-4,8-10,12H2,1-2H3. The van der Waals surface area contributed by atoms with E-state index in [1.54, 1.807) is 0 Å². The van der Waals surface area contributed by atoms with Gasteiger partial charge in [-0.1, -0.05) is 37.1 Å². The van der Waals surface area contributed by atoms with E-state index < -0.39 is 0 Å². The summed E-state index contributed by atoms with van der Waals surface area (Å²) < 4.78 is 11.7. The first-order chi connectivity index (χ1) is 9.70. The fraction of sp³-hybridized carbons (Fsp3) is 0.625. The predicted molar refractivity (Wildman–Crippen MR) is 82.0 cm³/mol. The minimum Gasteiger partial charge on any atom is -0.353 e. The van der Waals surface area contributed by atoms with Crippen molar-refractivity contribution in [3.8, 4) is 0 Å². The molecular formula is C16H24ClNO2. The normalized spacial score (nSPS) is 24.6. The van der Waals surface area contributed by atoms with Crippen LogP contribution in [0.1, 0.15) is 37.8 Å². The highest BCUT2D eigenvalue weighted by Crippen LogP contribution is 2.29. The molecule has 0 radical (unpaired) electrons. The molecule has 1 aromatic carbocycles. The number of benzene rings is 1. The monoisotopic (exact) mass is 297 g/mol. The van der Waals surface area contributed by atoms with Crippen molar-refractivity contribution in [1.82, 2.24) is 4.90 Å². The van der Waals surface area contributed by atoms with E-state index in [9.17, 15) is 0 Å². The molecule has 1 fully saturated rings. The number of halogens is 1. The number of likely N-dealkylation sites (N-methyl/N-ethyl adjacent to an activating group) is 1. The first-order valence-electron chi connectivity index (χ1n) is 7.39. The van der Waals surface area contributed by atoms with Crippen LogP contribution in [0.15, 0.2) is 24.3 Å². The van der Waals surface area contributed by atoms with Crippen LogP contribution >= 0.6 is 11.6 Å².